The summed E-state index contributed by atoms with van der Waals surface area (Å²) in [6.45, 7) is 2.31. The second kappa shape index (κ2) is 13.1. The van der Waals surface area contributed by atoms with Gasteiger partial charge in [0.1, 0.15) is 17.2 Å². The van der Waals surface area contributed by atoms with Crippen LogP contribution in [0.5, 0.6) is 17.2 Å². The highest BCUT2D eigenvalue weighted by molar-refractivity contribution is 9.10. The summed E-state index contributed by atoms with van der Waals surface area (Å²) < 4.78 is 17.2. The fourth-order valence-electron chi connectivity index (χ4n) is 2.72. The van der Waals surface area contributed by atoms with Crippen LogP contribution < -0.4 is 19.6 Å². The Bertz CT molecular complexity index is 1220. The number of esters is 1. The van der Waals surface area contributed by atoms with Crippen molar-refractivity contribution in [3.8, 4) is 17.2 Å². The van der Waals surface area contributed by atoms with Gasteiger partial charge in [0.05, 0.1) is 23.4 Å². The number of carbonyl (C=O) groups excluding carboxylic acids is 2. The normalized spacial score (nSPS) is 10.7. The van der Waals surface area contributed by atoms with Gasteiger partial charge in [0, 0.05) is 15.1 Å². The minimum atomic E-state index is -0.540. The highest BCUT2D eigenvalue weighted by Gasteiger charge is 2.12. The van der Waals surface area contributed by atoms with Crippen LogP contribution in [0.25, 0.3) is 0 Å². The first kappa shape index (κ1) is 26.5. The number of ether oxygens (including phenoxy) is 3. The minimum Gasteiger partial charge on any atom is -0.494 e. The predicted molar refractivity (Wildman–Crippen MR) is 139 cm³/mol. The largest absolute Gasteiger partial charge is 0.494 e. The Labute approximate surface area is 221 Å². The SMILES string of the molecule is CCCOc1ccc(C(=O)Oc2ccc(Br)cc2/C=N/NC(=O)COc2ccc(Cl)cc2Cl)cc1. The summed E-state index contributed by atoms with van der Waals surface area (Å²) in [5.41, 5.74) is 3.19. The first-order chi connectivity index (χ1) is 16.9. The van der Waals surface area contributed by atoms with E-state index in [1.54, 1.807) is 54.6 Å². The zero-order valence-electron chi connectivity index (χ0n) is 18.6. The third kappa shape index (κ3) is 8.28. The fourth-order valence-corrected chi connectivity index (χ4v) is 3.56. The average molecular weight is 580 g/mol. The van der Waals surface area contributed by atoms with Gasteiger partial charge in [-0.2, -0.15) is 5.10 Å². The maximum atomic E-state index is 12.6. The molecule has 0 atom stereocenters. The number of carbonyl (C=O) groups is 2. The first-order valence-electron chi connectivity index (χ1n) is 10.5. The van der Waals surface area contributed by atoms with Crippen molar-refractivity contribution in [1.29, 1.82) is 0 Å². The second-order valence-electron chi connectivity index (χ2n) is 7.10. The van der Waals surface area contributed by atoms with Gasteiger partial charge < -0.3 is 14.2 Å². The lowest BCUT2D eigenvalue weighted by atomic mass is 10.2. The fraction of sp³-hybridized carbons (Fsp3) is 0.160. The maximum absolute atomic E-state index is 12.6. The smallest absolute Gasteiger partial charge is 0.343 e. The van der Waals surface area contributed by atoms with Gasteiger partial charge in [0.25, 0.3) is 5.91 Å². The predicted octanol–water partition coefficient (Wildman–Crippen LogP) is 6.29. The number of halogens is 3. The van der Waals surface area contributed by atoms with Gasteiger partial charge in [-0.25, -0.2) is 10.2 Å². The second-order valence-corrected chi connectivity index (χ2v) is 8.86. The molecule has 0 bridgehead atoms. The lowest BCUT2D eigenvalue weighted by Crippen LogP contribution is -2.24. The third-order valence-electron chi connectivity index (χ3n) is 4.38. The summed E-state index contributed by atoms with van der Waals surface area (Å²) in [5.74, 6) is 0.221. The van der Waals surface area contributed by atoms with Crippen molar-refractivity contribution in [2.24, 2.45) is 5.10 Å². The standard InChI is InChI=1S/C25H21BrCl2N2O5/c1-2-11-33-20-7-3-16(4-8-20)25(32)35-22-9-5-18(26)12-17(22)14-29-30-24(31)15-34-23-10-6-19(27)13-21(23)28/h3-10,12-14H,2,11,15H2,1H3,(H,30,31)/b29-14+. The Morgan fingerprint density at radius 3 is 2.46 bits per heavy atom. The van der Waals surface area contributed by atoms with Crippen LogP contribution >= 0.6 is 39.1 Å². The Morgan fingerprint density at radius 2 is 1.74 bits per heavy atom. The van der Waals surface area contributed by atoms with E-state index in [9.17, 15) is 9.59 Å². The van der Waals surface area contributed by atoms with Crippen LogP contribution in [0.2, 0.25) is 10.0 Å². The molecule has 10 heteroatoms. The molecule has 3 aromatic carbocycles. The molecule has 0 spiro atoms. The van der Waals surface area contributed by atoms with Crippen molar-refractivity contribution in [2.75, 3.05) is 13.2 Å². The molecule has 0 aliphatic rings. The number of hydrogen-bond acceptors (Lipinski definition) is 6. The van der Waals surface area contributed by atoms with Crippen molar-refractivity contribution in [3.05, 3.63) is 86.3 Å². The quantitative estimate of drug-likeness (QED) is 0.132. The lowest BCUT2D eigenvalue weighted by molar-refractivity contribution is -0.123. The molecular weight excluding hydrogens is 559 g/mol. The molecule has 3 rings (SSSR count). The Kier molecular flexibility index (Phi) is 9.96. The van der Waals surface area contributed by atoms with E-state index in [1.165, 1.54) is 12.3 Å². The molecule has 1 N–H and O–H groups in total. The van der Waals surface area contributed by atoms with Crippen LogP contribution in [0.4, 0.5) is 0 Å². The summed E-state index contributed by atoms with van der Waals surface area (Å²) >= 11 is 15.2. The molecule has 0 radical (unpaired) electrons. The molecular formula is C25H21BrCl2N2O5. The van der Waals surface area contributed by atoms with E-state index in [1.807, 2.05) is 6.92 Å². The van der Waals surface area contributed by atoms with Gasteiger partial charge in [0.2, 0.25) is 0 Å². The molecule has 0 heterocycles. The number of hydrogen-bond donors (Lipinski definition) is 1. The summed E-state index contributed by atoms with van der Waals surface area (Å²) in [6.07, 6.45) is 2.25. The van der Waals surface area contributed by atoms with Gasteiger partial charge in [-0.1, -0.05) is 46.1 Å². The zero-order valence-corrected chi connectivity index (χ0v) is 21.7. The molecule has 0 aliphatic heterocycles. The summed E-state index contributed by atoms with van der Waals surface area (Å²) in [6, 6.07) is 16.4. The number of rotatable bonds is 10. The van der Waals surface area contributed by atoms with E-state index >= 15 is 0 Å². The van der Waals surface area contributed by atoms with E-state index in [0.717, 1.165) is 10.9 Å². The molecule has 0 unspecified atom stereocenters. The highest BCUT2D eigenvalue weighted by Crippen LogP contribution is 2.27. The molecule has 182 valence electrons. The van der Waals surface area contributed by atoms with Crippen LogP contribution in [0.3, 0.4) is 0 Å². The van der Waals surface area contributed by atoms with Gasteiger partial charge in [-0.15, -0.1) is 0 Å². The van der Waals surface area contributed by atoms with E-state index in [4.69, 9.17) is 37.4 Å². The topological polar surface area (TPSA) is 86.2 Å². The number of nitrogens with one attached hydrogen (secondary N) is 1. The van der Waals surface area contributed by atoms with Gasteiger partial charge >= 0.3 is 5.97 Å². The Balaban J connectivity index is 1.60. The van der Waals surface area contributed by atoms with Gasteiger partial charge in [0.15, 0.2) is 6.61 Å². The van der Waals surface area contributed by atoms with Crippen LogP contribution in [0.15, 0.2) is 70.2 Å². The lowest BCUT2D eigenvalue weighted by Gasteiger charge is -2.09. The number of nitrogens with zero attached hydrogens (tertiary/aromatic N) is 1. The van der Waals surface area contributed by atoms with Crippen molar-refractivity contribution in [2.45, 2.75) is 13.3 Å². The summed E-state index contributed by atoms with van der Waals surface area (Å²) in [5, 5.41) is 4.67. The average Bonchev–Trinajstić information content (AvgIpc) is 2.84. The Hall–Kier alpha value is -3.07. The molecule has 1 amide bonds. The van der Waals surface area contributed by atoms with Crippen molar-refractivity contribution in [3.63, 3.8) is 0 Å². The number of benzene rings is 3. The first-order valence-corrected chi connectivity index (χ1v) is 12.0. The molecule has 0 aliphatic carbocycles. The van der Waals surface area contributed by atoms with E-state index in [0.29, 0.717) is 34.3 Å². The highest BCUT2D eigenvalue weighted by atomic mass is 79.9. The molecule has 3 aromatic rings. The van der Waals surface area contributed by atoms with Crippen LogP contribution in [0, 0.1) is 0 Å². The molecule has 0 saturated carbocycles. The molecule has 0 saturated heterocycles. The van der Waals surface area contributed by atoms with Crippen molar-refractivity contribution in [1.82, 2.24) is 5.43 Å². The van der Waals surface area contributed by atoms with E-state index in [2.05, 4.69) is 26.5 Å². The molecule has 35 heavy (non-hydrogen) atoms. The maximum Gasteiger partial charge on any atom is 0.343 e. The zero-order chi connectivity index (χ0) is 25.2. The van der Waals surface area contributed by atoms with E-state index in [-0.39, 0.29) is 17.4 Å². The van der Waals surface area contributed by atoms with Crippen LogP contribution in [-0.4, -0.2) is 31.3 Å². The minimum absolute atomic E-state index is 0.270. The molecule has 0 aromatic heterocycles. The van der Waals surface area contributed by atoms with Gasteiger partial charge in [-0.3, -0.25) is 4.79 Å². The van der Waals surface area contributed by atoms with Crippen molar-refractivity contribution < 1.29 is 23.8 Å². The van der Waals surface area contributed by atoms with Crippen LogP contribution in [-0.2, 0) is 4.79 Å². The third-order valence-corrected chi connectivity index (χ3v) is 5.41. The molecule has 7 nitrogen and oxygen atoms in total. The Morgan fingerprint density at radius 1 is 1.00 bits per heavy atom. The molecule has 0 fully saturated rings. The summed E-state index contributed by atoms with van der Waals surface area (Å²) in [7, 11) is 0. The van der Waals surface area contributed by atoms with Gasteiger partial charge in [-0.05, 0) is 67.1 Å². The van der Waals surface area contributed by atoms with Crippen LogP contribution in [0.1, 0.15) is 29.3 Å². The van der Waals surface area contributed by atoms with Crippen molar-refractivity contribution >= 4 is 57.2 Å². The summed E-state index contributed by atoms with van der Waals surface area (Å²) in [4.78, 5) is 24.7. The number of hydrazone groups is 1. The monoisotopic (exact) mass is 578 g/mol. The number of amides is 1. The van der Waals surface area contributed by atoms with E-state index < -0.39 is 11.9 Å².